The molecule has 8 bridgehead atoms. The summed E-state index contributed by atoms with van der Waals surface area (Å²) in [5.74, 6) is -0.486. The number of esters is 2. The first-order chi connectivity index (χ1) is 24.9. The Morgan fingerprint density at radius 3 is 1.77 bits per heavy atom. The maximum atomic E-state index is 12.3. The molecular weight excluding hydrogens is 649 g/mol. The van der Waals surface area contributed by atoms with E-state index in [0.29, 0.717) is 12.8 Å². The number of nitrogens with one attached hydrogen (secondary N) is 2. The summed E-state index contributed by atoms with van der Waals surface area (Å²) >= 11 is 0. The Morgan fingerprint density at radius 2 is 1.21 bits per heavy atom. The van der Waals surface area contributed by atoms with E-state index in [1.165, 1.54) is 75.9 Å². The predicted octanol–water partition coefficient (Wildman–Crippen LogP) is 10.3. The lowest BCUT2D eigenvalue weighted by atomic mass is 9.85. The van der Waals surface area contributed by atoms with Gasteiger partial charge in [-0.2, -0.15) is 0 Å². The van der Waals surface area contributed by atoms with Crippen LogP contribution in [0.15, 0.2) is 18.2 Å². The second kappa shape index (κ2) is 17.1. The summed E-state index contributed by atoms with van der Waals surface area (Å²) in [6.07, 6.45) is 13.6. The lowest BCUT2D eigenvalue weighted by Crippen LogP contribution is -2.15. The molecule has 5 heterocycles. The molecule has 0 unspecified atom stereocenters. The van der Waals surface area contributed by atoms with E-state index >= 15 is 0 Å². The number of nitrogens with zero attached hydrogens (tertiary/aromatic N) is 2. The van der Waals surface area contributed by atoms with Crippen molar-refractivity contribution in [3.05, 3.63) is 68.8 Å². The van der Waals surface area contributed by atoms with E-state index in [1.54, 1.807) is 0 Å². The Bertz CT molecular complexity index is 1990. The van der Waals surface area contributed by atoms with Gasteiger partial charge in [0.25, 0.3) is 0 Å². The van der Waals surface area contributed by atoms with Gasteiger partial charge in [-0.25, -0.2) is 4.98 Å². The van der Waals surface area contributed by atoms with Crippen LogP contribution in [0.2, 0.25) is 0 Å². The van der Waals surface area contributed by atoms with Crippen LogP contribution in [0.4, 0.5) is 0 Å². The van der Waals surface area contributed by atoms with Gasteiger partial charge in [-0.3, -0.25) is 14.6 Å². The first kappa shape index (κ1) is 39.0. The SMILES string of the molecule is CCCCCCCCCCc1c2nc(cc3[nH]c(cc4[nH]c(cc5nc1C(C)=C5C)c(C)c4CCC(=O)OC)c(CCC(=O)OC)c3C)C(C)(C)C2. The van der Waals surface area contributed by atoms with E-state index in [4.69, 9.17) is 19.4 Å². The average molecular weight is 709 g/mol. The summed E-state index contributed by atoms with van der Waals surface area (Å²) in [5, 5.41) is 0. The number of H-pyrrole nitrogens is 2. The van der Waals surface area contributed by atoms with Gasteiger partial charge in [-0.15, -0.1) is 0 Å². The molecule has 0 saturated carbocycles. The molecule has 2 aliphatic rings. The van der Waals surface area contributed by atoms with Crippen molar-refractivity contribution >= 4 is 45.2 Å². The van der Waals surface area contributed by atoms with E-state index in [2.05, 4.69) is 76.6 Å². The second-order valence-electron chi connectivity index (χ2n) is 15.5. The Hall–Kier alpha value is -4.20. The maximum absolute atomic E-state index is 12.3. The fourth-order valence-electron chi connectivity index (χ4n) is 7.79. The number of hydrogen-bond donors (Lipinski definition) is 2. The van der Waals surface area contributed by atoms with Gasteiger partial charge in [0.2, 0.25) is 0 Å². The molecule has 2 N–H and O–H groups in total. The number of aromatic amines is 2. The molecular formula is C44H60N4O4. The summed E-state index contributed by atoms with van der Waals surface area (Å²) in [6.45, 7) is 15.4. The number of carbonyl (C=O) groups is 2. The van der Waals surface area contributed by atoms with Crippen molar-refractivity contribution in [3.63, 3.8) is 0 Å². The van der Waals surface area contributed by atoms with Gasteiger partial charge >= 0.3 is 11.9 Å². The van der Waals surface area contributed by atoms with Gasteiger partial charge in [0.15, 0.2) is 0 Å². The third kappa shape index (κ3) is 8.70. The lowest BCUT2D eigenvalue weighted by Gasteiger charge is -2.17. The van der Waals surface area contributed by atoms with Crippen LogP contribution in [0.5, 0.6) is 0 Å². The molecule has 5 rings (SSSR count). The summed E-state index contributed by atoms with van der Waals surface area (Å²) in [6, 6.07) is 6.49. The standard InChI is InChI=1S/C44H60N4O4/c1-10-11-12-13-14-15-16-17-18-33-39-26-44(6,7)40(47-39)25-36-30(5)32(20-22-42(50)52-9)38(46-36)24-37-31(19-21-41(49)51-8)29(4)35(45-37)23-34-27(2)28(3)43(33)48-34/h23-25,45-46H,10-22,26H2,1-9H3. The van der Waals surface area contributed by atoms with Crippen molar-refractivity contribution in [2.75, 3.05) is 14.2 Å². The molecule has 0 aliphatic carbocycles. The number of unbranched alkanes of at least 4 members (excludes halogenated alkanes) is 7. The maximum Gasteiger partial charge on any atom is 0.305 e. The molecule has 2 aliphatic heterocycles. The zero-order valence-electron chi connectivity index (χ0n) is 33.2. The lowest BCUT2D eigenvalue weighted by molar-refractivity contribution is -0.141. The van der Waals surface area contributed by atoms with Crippen molar-refractivity contribution in [2.24, 2.45) is 0 Å². The van der Waals surface area contributed by atoms with E-state index < -0.39 is 0 Å². The van der Waals surface area contributed by atoms with Crippen LogP contribution in [-0.2, 0) is 50.2 Å². The molecule has 280 valence electrons. The first-order valence-electron chi connectivity index (χ1n) is 19.4. The quantitative estimate of drug-likeness (QED) is 0.120. The van der Waals surface area contributed by atoms with Gasteiger partial charge < -0.3 is 19.4 Å². The normalized spacial score (nSPS) is 13.9. The fraction of sp³-hybridized carbons (Fsp3) is 0.545. The molecule has 0 fully saturated rings. The topological polar surface area (TPSA) is 110 Å². The Labute approximate surface area is 310 Å². The highest BCUT2D eigenvalue weighted by Gasteiger charge is 2.32. The van der Waals surface area contributed by atoms with Gasteiger partial charge in [0, 0.05) is 58.1 Å². The average Bonchev–Trinajstić information content (AvgIpc) is 3.78. The van der Waals surface area contributed by atoms with E-state index in [9.17, 15) is 9.59 Å². The minimum Gasteiger partial charge on any atom is -0.469 e. The van der Waals surface area contributed by atoms with Crippen molar-refractivity contribution < 1.29 is 19.1 Å². The molecule has 52 heavy (non-hydrogen) atoms. The monoisotopic (exact) mass is 708 g/mol. The highest BCUT2D eigenvalue weighted by atomic mass is 16.5. The van der Waals surface area contributed by atoms with Gasteiger partial charge in [0.05, 0.1) is 25.6 Å². The zero-order valence-corrected chi connectivity index (χ0v) is 33.2. The van der Waals surface area contributed by atoms with Crippen LogP contribution < -0.4 is 0 Å². The van der Waals surface area contributed by atoms with Crippen LogP contribution in [-0.4, -0.2) is 46.1 Å². The number of fused-ring (bicyclic) bond motifs is 8. The van der Waals surface area contributed by atoms with Crippen LogP contribution in [0, 0.1) is 13.8 Å². The van der Waals surface area contributed by atoms with Crippen molar-refractivity contribution in [2.45, 2.75) is 144 Å². The number of aromatic nitrogens is 4. The molecule has 0 amide bonds. The van der Waals surface area contributed by atoms with E-state index in [0.717, 1.165) is 86.4 Å². The minimum absolute atomic E-state index is 0.169. The number of carbonyl (C=O) groups excluding carboxylic acids is 2. The first-order valence-corrected chi connectivity index (χ1v) is 19.4. The van der Waals surface area contributed by atoms with Crippen molar-refractivity contribution in [1.29, 1.82) is 0 Å². The molecule has 8 heteroatoms. The number of aryl methyl sites for hydroxylation is 4. The third-order valence-electron chi connectivity index (χ3n) is 11.4. The molecule has 0 saturated heterocycles. The van der Waals surface area contributed by atoms with Crippen LogP contribution in [0.1, 0.15) is 149 Å². The van der Waals surface area contributed by atoms with Gasteiger partial charge in [-0.05, 0) is 111 Å². The highest BCUT2D eigenvalue weighted by Crippen LogP contribution is 2.38. The van der Waals surface area contributed by atoms with Crippen LogP contribution >= 0.6 is 0 Å². The fourth-order valence-corrected chi connectivity index (χ4v) is 7.79. The molecule has 0 aromatic carbocycles. The molecule has 0 atom stereocenters. The molecule has 8 nitrogen and oxygen atoms in total. The largest absolute Gasteiger partial charge is 0.469 e. The second-order valence-corrected chi connectivity index (χ2v) is 15.5. The third-order valence-corrected chi connectivity index (χ3v) is 11.4. The highest BCUT2D eigenvalue weighted by molar-refractivity contribution is 5.92. The van der Waals surface area contributed by atoms with Gasteiger partial charge in [-0.1, -0.05) is 65.7 Å². The summed E-state index contributed by atoms with van der Waals surface area (Å²) < 4.78 is 10.0. The summed E-state index contributed by atoms with van der Waals surface area (Å²) in [4.78, 5) is 42.9. The number of ether oxygens (including phenoxy) is 2. The molecule has 0 radical (unpaired) electrons. The van der Waals surface area contributed by atoms with Crippen molar-refractivity contribution in [1.82, 2.24) is 19.9 Å². The van der Waals surface area contributed by atoms with E-state index in [1.807, 2.05) is 0 Å². The molecule has 3 aromatic rings. The predicted molar refractivity (Wildman–Crippen MR) is 212 cm³/mol. The summed E-state index contributed by atoms with van der Waals surface area (Å²) in [5.41, 5.74) is 15.8. The van der Waals surface area contributed by atoms with Crippen LogP contribution in [0.25, 0.3) is 33.2 Å². The van der Waals surface area contributed by atoms with E-state index in [-0.39, 0.29) is 30.2 Å². The molecule has 0 spiro atoms. The zero-order chi connectivity index (χ0) is 37.6. The smallest absolute Gasteiger partial charge is 0.305 e. The van der Waals surface area contributed by atoms with Gasteiger partial charge in [0.1, 0.15) is 0 Å². The van der Waals surface area contributed by atoms with Crippen molar-refractivity contribution in [3.8, 4) is 0 Å². The minimum atomic E-state index is -0.244. The number of allylic oxidation sites excluding steroid dienone is 2. The number of rotatable bonds is 15. The molecule has 3 aromatic heterocycles. The number of hydrogen-bond acceptors (Lipinski definition) is 6. The Kier molecular flexibility index (Phi) is 12.8. The van der Waals surface area contributed by atoms with Crippen LogP contribution in [0.3, 0.4) is 0 Å². The number of methoxy groups -OCH3 is 2. The Balaban J connectivity index is 1.76. The Morgan fingerprint density at radius 1 is 0.673 bits per heavy atom. The summed E-state index contributed by atoms with van der Waals surface area (Å²) in [7, 11) is 2.86.